The van der Waals surface area contributed by atoms with Crippen LogP contribution in [0.15, 0.2) is 60.0 Å². The van der Waals surface area contributed by atoms with E-state index in [1.165, 1.54) is 6.33 Å². The molecule has 0 saturated carbocycles. The summed E-state index contributed by atoms with van der Waals surface area (Å²) in [6, 6.07) is 11.0. The van der Waals surface area contributed by atoms with Crippen molar-refractivity contribution in [2.75, 3.05) is 11.4 Å². The molecule has 0 aliphatic carbocycles. The Kier molecular flexibility index (Phi) is 6.12. The Morgan fingerprint density at radius 2 is 1.88 bits per heavy atom. The van der Waals surface area contributed by atoms with Gasteiger partial charge in [-0.3, -0.25) is 9.36 Å². The third kappa shape index (κ3) is 3.47. The lowest BCUT2D eigenvalue weighted by Gasteiger charge is -2.47. The molecule has 0 spiro atoms. The third-order valence-electron chi connectivity index (χ3n) is 5.78. The van der Waals surface area contributed by atoms with E-state index in [0.717, 1.165) is 23.6 Å². The maximum absolute atomic E-state index is 13.6. The van der Waals surface area contributed by atoms with Crippen LogP contribution in [0.3, 0.4) is 0 Å². The molecule has 0 amide bonds. The summed E-state index contributed by atoms with van der Waals surface area (Å²) in [6.07, 6.45) is 4.82. The molecule has 4 aromatic heterocycles. The van der Waals surface area contributed by atoms with E-state index in [4.69, 9.17) is 16.7 Å². The summed E-state index contributed by atoms with van der Waals surface area (Å²) in [5.74, 6) is 1.62. The van der Waals surface area contributed by atoms with Crippen LogP contribution in [0.1, 0.15) is 18.8 Å². The molecule has 9 nitrogen and oxygen atoms in total. The van der Waals surface area contributed by atoms with E-state index in [1.807, 2.05) is 30.3 Å². The van der Waals surface area contributed by atoms with Crippen LogP contribution in [0.4, 0.5) is 5.82 Å². The van der Waals surface area contributed by atoms with Crippen LogP contribution < -0.4 is 10.5 Å². The standard InChI is InChI=1S/C21H17ClN8O.2H2S/c1-12-9-28(19-15-18(24-10-23-15)25-11-26-19)16(12)20-27-29-8-7-14(22)17(29)21(31)30(20)13-5-3-2-4-6-13;;/h2-8,10-12,16H,9H2,1H3,(H,23,24,25,26);2*1H2/t12-,16?;;/m0../s1. The molecule has 0 bridgehead atoms. The number of aromatic nitrogens is 7. The second-order valence-corrected chi connectivity index (χ2v) is 8.07. The second kappa shape index (κ2) is 8.73. The Hall–Kier alpha value is -3.02. The highest BCUT2D eigenvalue weighted by molar-refractivity contribution is 7.59. The van der Waals surface area contributed by atoms with Crippen LogP contribution in [-0.2, 0) is 0 Å². The van der Waals surface area contributed by atoms with Crippen LogP contribution in [0.5, 0.6) is 0 Å². The summed E-state index contributed by atoms with van der Waals surface area (Å²) < 4.78 is 3.22. The molecule has 1 unspecified atom stereocenters. The molecule has 33 heavy (non-hydrogen) atoms. The van der Waals surface area contributed by atoms with Crippen LogP contribution in [-0.4, -0.2) is 40.7 Å². The van der Waals surface area contributed by atoms with Gasteiger partial charge < -0.3 is 9.88 Å². The van der Waals surface area contributed by atoms with Crippen LogP contribution in [0.2, 0.25) is 5.02 Å². The SMILES string of the molecule is C[C@H]1CN(c2ncnc3nc[nH]c23)C1c1nn2ccc(Cl)c2c(=O)n1-c1ccccc1.S.S. The minimum Gasteiger partial charge on any atom is -0.344 e. The van der Waals surface area contributed by atoms with Crippen LogP contribution in [0, 0.1) is 5.92 Å². The Morgan fingerprint density at radius 3 is 2.64 bits per heavy atom. The molecule has 6 rings (SSSR count). The molecule has 1 aliphatic heterocycles. The van der Waals surface area contributed by atoms with E-state index in [-0.39, 0.29) is 44.5 Å². The van der Waals surface area contributed by atoms with E-state index < -0.39 is 0 Å². The van der Waals surface area contributed by atoms with Gasteiger partial charge in [0, 0.05) is 18.7 Å². The van der Waals surface area contributed by atoms with Gasteiger partial charge in [-0.25, -0.2) is 19.5 Å². The highest BCUT2D eigenvalue weighted by Gasteiger charge is 2.42. The highest BCUT2D eigenvalue weighted by atomic mass is 35.5. The summed E-state index contributed by atoms with van der Waals surface area (Å²) in [6.45, 7) is 2.91. The summed E-state index contributed by atoms with van der Waals surface area (Å²) in [5, 5.41) is 5.21. The summed E-state index contributed by atoms with van der Waals surface area (Å²) in [7, 11) is 0. The van der Waals surface area contributed by atoms with E-state index in [9.17, 15) is 4.79 Å². The largest absolute Gasteiger partial charge is 0.344 e. The molecule has 1 saturated heterocycles. The fourth-order valence-corrected chi connectivity index (χ4v) is 4.56. The zero-order valence-corrected chi connectivity index (χ0v) is 20.2. The molecule has 170 valence electrons. The monoisotopic (exact) mass is 500 g/mol. The number of hydrogen-bond donors (Lipinski definition) is 1. The van der Waals surface area contributed by atoms with Crippen molar-refractivity contribution < 1.29 is 0 Å². The highest BCUT2D eigenvalue weighted by Crippen LogP contribution is 2.42. The van der Waals surface area contributed by atoms with Gasteiger partial charge in [0.05, 0.1) is 23.1 Å². The van der Waals surface area contributed by atoms with Gasteiger partial charge in [-0.1, -0.05) is 36.7 Å². The van der Waals surface area contributed by atoms with Gasteiger partial charge in [-0.15, -0.1) is 0 Å². The molecule has 0 radical (unpaired) electrons. The minimum absolute atomic E-state index is 0. The molecule has 12 heteroatoms. The summed E-state index contributed by atoms with van der Waals surface area (Å²) in [4.78, 5) is 31.8. The maximum Gasteiger partial charge on any atom is 0.284 e. The number of nitrogens with zero attached hydrogens (tertiary/aromatic N) is 7. The Morgan fingerprint density at radius 1 is 1.09 bits per heavy atom. The molecule has 1 aliphatic rings. The first-order valence-corrected chi connectivity index (χ1v) is 10.3. The van der Waals surface area contributed by atoms with Crippen LogP contribution in [0.25, 0.3) is 22.4 Å². The predicted molar refractivity (Wildman–Crippen MR) is 137 cm³/mol. The lowest BCUT2D eigenvalue weighted by atomic mass is 9.89. The topological polar surface area (TPSA) is 97.0 Å². The smallest absolute Gasteiger partial charge is 0.284 e. The molecular weight excluding hydrogens is 480 g/mol. The molecule has 2 atom stereocenters. The average Bonchev–Trinajstić information content (AvgIpc) is 3.39. The van der Waals surface area contributed by atoms with Gasteiger partial charge in [0.15, 0.2) is 17.3 Å². The zero-order valence-electron chi connectivity index (χ0n) is 17.5. The van der Waals surface area contributed by atoms with E-state index >= 15 is 0 Å². The van der Waals surface area contributed by atoms with Crippen molar-refractivity contribution in [3.8, 4) is 5.69 Å². The molecule has 1 aromatic carbocycles. The van der Waals surface area contributed by atoms with Crippen molar-refractivity contribution in [2.45, 2.75) is 13.0 Å². The van der Waals surface area contributed by atoms with Crippen molar-refractivity contribution in [3.63, 3.8) is 0 Å². The fraction of sp³-hybridized carbons (Fsp3) is 0.190. The van der Waals surface area contributed by atoms with Crippen molar-refractivity contribution in [1.82, 2.24) is 34.1 Å². The maximum atomic E-state index is 13.6. The summed E-state index contributed by atoms with van der Waals surface area (Å²) in [5.41, 5.74) is 2.25. The van der Waals surface area contributed by atoms with Gasteiger partial charge in [-0.2, -0.15) is 32.1 Å². The number of halogens is 1. The summed E-state index contributed by atoms with van der Waals surface area (Å²) >= 11 is 6.31. The normalized spacial score (nSPS) is 17.5. The van der Waals surface area contributed by atoms with Crippen LogP contribution >= 0.6 is 38.6 Å². The molecule has 5 aromatic rings. The number of imidazole rings is 1. The predicted octanol–water partition coefficient (Wildman–Crippen LogP) is 3.23. The van der Waals surface area contributed by atoms with Crippen molar-refractivity contribution in [2.24, 2.45) is 5.92 Å². The lowest BCUT2D eigenvalue weighted by molar-refractivity contribution is 0.301. The number of rotatable bonds is 3. The van der Waals surface area contributed by atoms with Gasteiger partial charge in [0.2, 0.25) is 0 Å². The first kappa shape index (κ1) is 23.1. The minimum atomic E-state index is -0.209. The van der Waals surface area contributed by atoms with E-state index in [2.05, 4.69) is 31.8 Å². The third-order valence-corrected chi connectivity index (χ3v) is 6.08. The molecular formula is C21H21ClN8OS2. The number of nitrogens with one attached hydrogen (secondary N) is 1. The van der Waals surface area contributed by atoms with Crippen molar-refractivity contribution >= 4 is 61.1 Å². The average molecular weight is 501 g/mol. The Labute approximate surface area is 207 Å². The number of hydrogen-bond acceptors (Lipinski definition) is 6. The number of fused-ring (bicyclic) bond motifs is 2. The van der Waals surface area contributed by atoms with Gasteiger partial charge in [0.1, 0.15) is 17.4 Å². The molecule has 1 N–H and O–H groups in total. The lowest BCUT2D eigenvalue weighted by Crippen LogP contribution is -2.51. The van der Waals surface area contributed by atoms with E-state index in [0.29, 0.717) is 22.0 Å². The fourth-order valence-electron chi connectivity index (χ4n) is 4.34. The number of aromatic amines is 1. The Bertz CT molecular complexity index is 1500. The van der Waals surface area contributed by atoms with Gasteiger partial charge in [0.25, 0.3) is 5.56 Å². The second-order valence-electron chi connectivity index (χ2n) is 7.66. The quantitative estimate of drug-likeness (QED) is 0.408. The van der Waals surface area contributed by atoms with Gasteiger partial charge in [-0.05, 0) is 18.2 Å². The van der Waals surface area contributed by atoms with E-state index in [1.54, 1.807) is 27.7 Å². The first-order chi connectivity index (χ1) is 15.1. The number of H-pyrrole nitrogens is 1. The number of anilines is 1. The first-order valence-electron chi connectivity index (χ1n) is 9.89. The van der Waals surface area contributed by atoms with Crippen molar-refractivity contribution in [3.05, 3.63) is 76.5 Å². The molecule has 1 fully saturated rings. The van der Waals surface area contributed by atoms with Gasteiger partial charge >= 0.3 is 0 Å². The molecule has 5 heterocycles. The number of benzene rings is 1. The number of para-hydroxylation sites is 1. The Balaban J connectivity index is 0.00000130. The zero-order chi connectivity index (χ0) is 21.1. The van der Waals surface area contributed by atoms with Crippen molar-refractivity contribution in [1.29, 1.82) is 0 Å².